The van der Waals surface area contributed by atoms with E-state index in [0.717, 1.165) is 6.54 Å². The third kappa shape index (κ3) is 11.8. The Bertz CT molecular complexity index is 152. The summed E-state index contributed by atoms with van der Waals surface area (Å²) in [5, 5.41) is 4.63. The maximum absolute atomic E-state index is 4.63. The molecule has 1 nitrogen and oxygen atoms in total. The highest BCUT2D eigenvalue weighted by Gasteiger charge is 1.96. The first-order valence-corrected chi connectivity index (χ1v) is 7.14. The number of rotatable bonds is 11. The molecule has 1 radical (unpaired) electrons. The van der Waals surface area contributed by atoms with Gasteiger partial charge in [0.1, 0.15) is 0 Å². The first-order chi connectivity index (χ1) is 7.81. The summed E-state index contributed by atoms with van der Waals surface area (Å²) in [5.41, 5.74) is 0. The molecule has 0 heterocycles. The van der Waals surface area contributed by atoms with Gasteiger partial charge in [-0.25, -0.2) is 5.32 Å². The molecule has 0 aliphatic rings. The standard InChI is InChI=1S/C15H30N/c1-4-6-8-10-12-14-16-15(3)13-11-9-7-5-2/h11,13,15H,4-10,12,14H2,1-3H3/b13-11+. The van der Waals surface area contributed by atoms with Crippen molar-refractivity contribution in [2.45, 2.75) is 78.2 Å². The summed E-state index contributed by atoms with van der Waals surface area (Å²) in [6, 6.07) is 0.419. The van der Waals surface area contributed by atoms with Crippen LogP contribution >= 0.6 is 0 Å². The Balaban J connectivity index is 3.22. The molecule has 1 heteroatoms. The fourth-order valence-corrected chi connectivity index (χ4v) is 1.69. The molecule has 0 bridgehead atoms. The van der Waals surface area contributed by atoms with Gasteiger partial charge in [0.05, 0.1) is 0 Å². The molecule has 0 aromatic rings. The fraction of sp³-hybridized carbons (Fsp3) is 0.867. The van der Waals surface area contributed by atoms with E-state index < -0.39 is 0 Å². The Morgan fingerprint density at radius 3 is 2.31 bits per heavy atom. The lowest BCUT2D eigenvalue weighted by molar-refractivity contribution is 0.553. The van der Waals surface area contributed by atoms with E-state index in [-0.39, 0.29) is 0 Å². The zero-order valence-corrected chi connectivity index (χ0v) is 11.5. The monoisotopic (exact) mass is 224 g/mol. The van der Waals surface area contributed by atoms with E-state index in [1.165, 1.54) is 51.4 Å². The molecule has 1 atom stereocenters. The highest BCUT2D eigenvalue weighted by atomic mass is 14.9. The summed E-state index contributed by atoms with van der Waals surface area (Å²) in [6.45, 7) is 7.73. The zero-order chi connectivity index (χ0) is 12.1. The number of unbranched alkanes of at least 4 members (excludes halogenated alkanes) is 6. The summed E-state index contributed by atoms with van der Waals surface area (Å²) >= 11 is 0. The van der Waals surface area contributed by atoms with Gasteiger partial charge in [-0.2, -0.15) is 0 Å². The van der Waals surface area contributed by atoms with Crippen molar-refractivity contribution in [2.24, 2.45) is 0 Å². The zero-order valence-electron chi connectivity index (χ0n) is 11.5. The van der Waals surface area contributed by atoms with Gasteiger partial charge < -0.3 is 0 Å². The van der Waals surface area contributed by atoms with E-state index in [0.29, 0.717) is 6.04 Å². The van der Waals surface area contributed by atoms with Crippen molar-refractivity contribution in [1.82, 2.24) is 5.32 Å². The van der Waals surface area contributed by atoms with E-state index in [2.05, 4.69) is 38.2 Å². The highest BCUT2D eigenvalue weighted by molar-refractivity contribution is 4.90. The number of allylic oxidation sites excluding steroid dienone is 1. The Morgan fingerprint density at radius 1 is 0.938 bits per heavy atom. The minimum absolute atomic E-state index is 0.419. The predicted octanol–water partition coefficient (Wildman–Crippen LogP) is 4.70. The molecule has 0 spiro atoms. The third-order valence-electron chi connectivity index (χ3n) is 2.82. The maximum atomic E-state index is 4.63. The SMILES string of the molecule is CCCC/C=C/C(C)[N]CCCCCCC. The van der Waals surface area contributed by atoms with Crippen molar-refractivity contribution in [3.05, 3.63) is 12.2 Å². The summed E-state index contributed by atoms with van der Waals surface area (Å²) in [6.07, 6.45) is 15.1. The van der Waals surface area contributed by atoms with Crippen molar-refractivity contribution in [2.75, 3.05) is 6.54 Å². The van der Waals surface area contributed by atoms with Gasteiger partial charge in [-0.05, 0) is 19.8 Å². The van der Waals surface area contributed by atoms with Crippen molar-refractivity contribution in [3.8, 4) is 0 Å². The molecular formula is C15H30N. The van der Waals surface area contributed by atoms with Gasteiger partial charge in [-0.3, -0.25) is 0 Å². The van der Waals surface area contributed by atoms with Crippen molar-refractivity contribution >= 4 is 0 Å². The Kier molecular flexibility index (Phi) is 12.5. The molecule has 1 unspecified atom stereocenters. The van der Waals surface area contributed by atoms with Gasteiger partial charge in [-0.15, -0.1) is 0 Å². The van der Waals surface area contributed by atoms with Crippen LogP contribution in [-0.4, -0.2) is 12.6 Å². The van der Waals surface area contributed by atoms with E-state index in [9.17, 15) is 0 Å². The van der Waals surface area contributed by atoms with E-state index in [1.807, 2.05) is 0 Å². The lowest BCUT2D eigenvalue weighted by atomic mass is 10.1. The Morgan fingerprint density at radius 2 is 1.62 bits per heavy atom. The first kappa shape index (κ1) is 15.7. The van der Waals surface area contributed by atoms with Crippen LogP contribution in [0.3, 0.4) is 0 Å². The molecule has 0 saturated carbocycles. The van der Waals surface area contributed by atoms with Gasteiger partial charge in [0.15, 0.2) is 0 Å². The van der Waals surface area contributed by atoms with Crippen LogP contribution in [-0.2, 0) is 0 Å². The van der Waals surface area contributed by atoms with Crippen LogP contribution in [0.2, 0.25) is 0 Å². The lowest BCUT2D eigenvalue weighted by Crippen LogP contribution is -2.17. The van der Waals surface area contributed by atoms with Gasteiger partial charge >= 0.3 is 0 Å². The second-order valence-electron chi connectivity index (χ2n) is 4.63. The predicted molar refractivity (Wildman–Crippen MR) is 73.9 cm³/mol. The van der Waals surface area contributed by atoms with Crippen LogP contribution in [0.1, 0.15) is 72.1 Å². The quantitative estimate of drug-likeness (QED) is 0.357. The summed E-state index contributed by atoms with van der Waals surface area (Å²) < 4.78 is 0. The fourth-order valence-electron chi connectivity index (χ4n) is 1.69. The van der Waals surface area contributed by atoms with Crippen LogP contribution in [0.4, 0.5) is 0 Å². The van der Waals surface area contributed by atoms with Crippen molar-refractivity contribution in [1.29, 1.82) is 0 Å². The molecule has 95 valence electrons. The summed E-state index contributed by atoms with van der Waals surface area (Å²) in [4.78, 5) is 0. The van der Waals surface area contributed by atoms with Crippen LogP contribution < -0.4 is 5.32 Å². The van der Waals surface area contributed by atoms with E-state index in [4.69, 9.17) is 0 Å². The minimum Gasteiger partial charge on any atom is -0.235 e. The second-order valence-corrected chi connectivity index (χ2v) is 4.63. The smallest absolute Gasteiger partial charge is 0.0397 e. The number of hydrogen-bond donors (Lipinski definition) is 0. The van der Waals surface area contributed by atoms with Crippen LogP contribution in [0.15, 0.2) is 12.2 Å². The van der Waals surface area contributed by atoms with Gasteiger partial charge in [0.25, 0.3) is 0 Å². The van der Waals surface area contributed by atoms with E-state index in [1.54, 1.807) is 0 Å². The highest BCUT2D eigenvalue weighted by Crippen LogP contribution is 2.02. The van der Waals surface area contributed by atoms with Crippen molar-refractivity contribution in [3.63, 3.8) is 0 Å². The van der Waals surface area contributed by atoms with Gasteiger partial charge in [0.2, 0.25) is 0 Å². The Hall–Kier alpha value is -0.300. The normalized spacial score (nSPS) is 13.4. The maximum Gasteiger partial charge on any atom is 0.0397 e. The molecule has 0 fully saturated rings. The lowest BCUT2D eigenvalue weighted by Gasteiger charge is -2.06. The summed E-state index contributed by atoms with van der Waals surface area (Å²) in [5.74, 6) is 0. The Labute approximate surface area is 103 Å². The largest absolute Gasteiger partial charge is 0.235 e. The second kappa shape index (κ2) is 12.8. The molecule has 0 N–H and O–H groups in total. The summed E-state index contributed by atoms with van der Waals surface area (Å²) in [7, 11) is 0. The van der Waals surface area contributed by atoms with E-state index >= 15 is 0 Å². The molecule has 0 rings (SSSR count). The molecule has 0 saturated heterocycles. The molecule has 0 amide bonds. The molecule has 0 aliphatic carbocycles. The molecule has 16 heavy (non-hydrogen) atoms. The molecule has 0 aliphatic heterocycles. The minimum atomic E-state index is 0.419. The topological polar surface area (TPSA) is 14.1 Å². The third-order valence-corrected chi connectivity index (χ3v) is 2.82. The van der Waals surface area contributed by atoms with Gasteiger partial charge in [-0.1, -0.05) is 64.5 Å². The molecule has 0 aromatic carbocycles. The first-order valence-electron chi connectivity index (χ1n) is 7.14. The van der Waals surface area contributed by atoms with Gasteiger partial charge in [0, 0.05) is 12.6 Å². The van der Waals surface area contributed by atoms with Crippen molar-refractivity contribution < 1.29 is 0 Å². The average Bonchev–Trinajstić information content (AvgIpc) is 2.29. The number of nitrogens with zero attached hydrogens (tertiary/aromatic N) is 1. The van der Waals surface area contributed by atoms with Crippen LogP contribution in [0.25, 0.3) is 0 Å². The number of hydrogen-bond acceptors (Lipinski definition) is 0. The van der Waals surface area contributed by atoms with Crippen LogP contribution in [0, 0.1) is 0 Å². The van der Waals surface area contributed by atoms with Crippen LogP contribution in [0.5, 0.6) is 0 Å². The molecular weight excluding hydrogens is 194 g/mol. The molecule has 0 aromatic heterocycles. The average molecular weight is 224 g/mol.